The Morgan fingerprint density at radius 3 is 2.83 bits per heavy atom. The minimum atomic E-state index is -0.245. The third-order valence-electron chi connectivity index (χ3n) is 7.38. The zero-order valence-electron chi connectivity index (χ0n) is 12.6. The van der Waals surface area contributed by atoms with E-state index in [1.807, 2.05) is 30.3 Å². The molecule has 5 heteroatoms. The molecule has 0 aromatic heterocycles. The van der Waals surface area contributed by atoms with Gasteiger partial charge in [0, 0.05) is 27.6 Å². The molecule has 6 aliphatic rings. The van der Waals surface area contributed by atoms with Gasteiger partial charge in [0.1, 0.15) is 0 Å². The van der Waals surface area contributed by atoms with E-state index in [-0.39, 0.29) is 6.03 Å². The number of hydrogen-bond acceptors (Lipinski definition) is 2. The molecule has 0 heterocycles. The van der Waals surface area contributed by atoms with Crippen molar-refractivity contribution in [1.82, 2.24) is 5.43 Å². The number of nitrogens with one attached hydrogen (secondary N) is 2. The fourth-order valence-corrected chi connectivity index (χ4v) is 8.70. The number of nitrogens with zero attached hydrogens (tertiary/aromatic N) is 1. The molecule has 8 atom stereocenters. The van der Waals surface area contributed by atoms with Crippen LogP contribution in [0.5, 0.6) is 0 Å². The van der Waals surface area contributed by atoms with Crippen molar-refractivity contribution in [2.24, 2.45) is 46.5 Å². The number of carbonyl (C=O) groups excluding carboxylic acids is 1. The summed E-state index contributed by atoms with van der Waals surface area (Å²) in [6.45, 7) is 0. The molecule has 2 amide bonds. The van der Waals surface area contributed by atoms with Crippen molar-refractivity contribution >= 4 is 33.4 Å². The summed E-state index contributed by atoms with van der Waals surface area (Å²) in [6.07, 6.45) is 2.74. The van der Waals surface area contributed by atoms with Crippen molar-refractivity contribution in [3.63, 3.8) is 0 Å². The van der Waals surface area contributed by atoms with Gasteiger partial charge in [0.2, 0.25) is 0 Å². The molecule has 6 bridgehead atoms. The van der Waals surface area contributed by atoms with Gasteiger partial charge in [-0.05, 0) is 54.6 Å². The normalized spacial score (nSPS) is 51.3. The molecular formula is C18H18BrN3O. The number of anilines is 1. The summed E-state index contributed by atoms with van der Waals surface area (Å²) in [6, 6.07) is 9.26. The van der Waals surface area contributed by atoms with Gasteiger partial charge >= 0.3 is 6.03 Å². The van der Waals surface area contributed by atoms with Crippen LogP contribution >= 0.6 is 15.9 Å². The smallest absolute Gasteiger partial charge is 0.307 e. The lowest BCUT2D eigenvalue weighted by Crippen LogP contribution is -2.39. The summed E-state index contributed by atoms with van der Waals surface area (Å²) in [5.41, 5.74) is 4.83. The van der Waals surface area contributed by atoms with E-state index in [0.29, 0.717) is 16.2 Å². The lowest BCUT2D eigenvalue weighted by atomic mass is 9.71. The minimum absolute atomic E-state index is 0.245. The van der Waals surface area contributed by atoms with Crippen LogP contribution in [0, 0.1) is 41.4 Å². The van der Waals surface area contributed by atoms with Crippen molar-refractivity contribution in [3.8, 4) is 0 Å². The van der Waals surface area contributed by atoms with Crippen LogP contribution in [0.2, 0.25) is 0 Å². The van der Waals surface area contributed by atoms with Gasteiger partial charge in [-0.15, -0.1) is 0 Å². The van der Waals surface area contributed by atoms with Crippen LogP contribution in [0.3, 0.4) is 0 Å². The molecule has 1 aromatic carbocycles. The Morgan fingerprint density at radius 1 is 1.22 bits per heavy atom. The first-order valence-electron chi connectivity index (χ1n) is 8.57. The molecule has 0 radical (unpaired) electrons. The summed E-state index contributed by atoms with van der Waals surface area (Å²) in [7, 11) is 0. The molecule has 2 N–H and O–H groups in total. The fraction of sp³-hybridized carbons (Fsp3) is 0.556. The maximum atomic E-state index is 12.1. The highest BCUT2D eigenvalue weighted by Crippen LogP contribution is 2.85. The Kier molecular flexibility index (Phi) is 2.26. The van der Waals surface area contributed by atoms with Crippen LogP contribution in [0.1, 0.15) is 12.8 Å². The number of rotatable bonds is 2. The van der Waals surface area contributed by atoms with E-state index >= 15 is 0 Å². The van der Waals surface area contributed by atoms with Gasteiger partial charge in [0.15, 0.2) is 0 Å². The molecule has 0 spiro atoms. The maximum absolute atomic E-state index is 12.1. The molecular weight excluding hydrogens is 354 g/mol. The molecule has 0 saturated heterocycles. The second-order valence-electron chi connectivity index (χ2n) is 7.93. The number of amides is 2. The first-order valence-corrected chi connectivity index (χ1v) is 9.36. The van der Waals surface area contributed by atoms with Gasteiger partial charge in [-0.25, -0.2) is 10.2 Å². The monoisotopic (exact) mass is 371 g/mol. The molecule has 118 valence electrons. The first kappa shape index (κ1) is 13.0. The SMILES string of the molecule is O=C(N/N=C1/[C@H]2[C@H]3C[C@H]4[C@H]5C[C@](Br)([C@@H]42)[C@H]1[C@@H]53)Nc1ccccc1. The Balaban J connectivity index is 1.25. The number of urea groups is 1. The van der Waals surface area contributed by atoms with Gasteiger partial charge in [-0.2, -0.15) is 5.10 Å². The van der Waals surface area contributed by atoms with Crippen LogP contribution < -0.4 is 10.7 Å². The van der Waals surface area contributed by atoms with Crippen LogP contribution in [0.15, 0.2) is 35.4 Å². The van der Waals surface area contributed by atoms with Gasteiger partial charge in [0.05, 0.1) is 0 Å². The van der Waals surface area contributed by atoms with E-state index in [4.69, 9.17) is 0 Å². The number of para-hydroxylation sites is 1. The second-order valence-corrected chi connectivity index (χ2v) is 9.41. The number of hydrogen-bond donors (Lipinski definition) is 2. The highest BCUT2D eigenvalue weighted by Gasteiger charge is 2.84. The summed E-state index contributed by atoms with van der Waals surface area (Å²) in [5.74, 6) is 5.53. The Labute approximate surface area is 143 Å². The van der Waals surface area contributed by atoms with Crippen molar-refractivity contribution in [1.29, 1.82) is 0 Å². The van der Waals surface area contributed by atoms with E-state index in [1.165, 1.54) is 18.6 Å². The second kappa shape index (κ2) is 4.00. The average Bonchev–Trinajstić information content (AvgIpc) is 3.24. The molecule has 7 rings (SSSR count). The minimum Gasteiger partial charge on any atom is -0.307 e. The standard InChI is InChI=1S/C18H18BrN3O/c19-18-7-11-9-6-10-12(11)15(18)16(13(10)14(9)18)21-22-17(23)20-8-4-2-1-3-5-8/h1-5,9-15H,6-7H2,(H2,20,22,23)/b21-16-/t9-,10-,11+,12+,13-,14-,15-,18-/m0/s1. The predicted molar refractivity (Wildman–Crippen MR) is 91.4 cm³/mol. The third kappa shape index (κ3) is 1.36. The van der Waals surface area contributed by atoms with E-state index < -0.39 is 0 Å². The van der Waals surface area contributed by atoms with Gasteiger partial charge < -0.3 is 5.32 Å². The zero-order chi connectivity index (χ0) is 15.3. The van der Waals surface area contributed by atoms with Crippen LogP contribution in [-0.4, -0.2) is 16.1 Å². The third-order valence-corrected chi connectivity index (χ3v) is 8.72. The number of halogens is 1. The highest BCUT2D eigenvalue weighted by atomic mass is 79.9. The summed E-state index contributed by atoms with van der Waals surface area (Å²) < 4.78 is 0.307. The molecule has 4 nitrogen and oxygen atoms in total. The molecule has 6 saturated carbocycles. The predicted octanol–water partition coefficient (Wildman–Crippen LogP) is 3.46. The van der Waals surface area contributed by atoms with Crippen LogP contribution in [-0.2, 0) is 0 Å². The molecule has 6 aliphatic carbocycles. The van der Waals surface area contributed by atoms with Crippen molar-refractivity contribution < 1.29 is 4.79 Å². The van der Waals surface area contributed by atoms with Crippen LogP contribution in [0.4, 0.5) is 10.5 Å². The largest absolute Gasteiger partial charge is 0.339 e. The van der Waals surface area contributed by atoms with Crippen molar-refractivity contribution in [2.45, 2.75) is 17.2 Å². The number of alkyl halides is 1. The van der Waals surface area contributed by atoms with Gasteiger partial charge in [0.25, 0.3) is 0 Å². The number of carbonyl (C=O) groups is 1. The molecule has 23 heavy (non-hydrogen) atoms. The quantitative estimate of drug-likeness (QED) is 0.606. The van der Waals surface area contributed by atoms with E-state index in [2.05, 4.69) is 31.8 Å². The van der Waals surface area contributed by atoms with Crippen molar-refractivity contribution in [2.75, 3.05) is 5.32 Å². The van der Waals surface area contributed by atoms with Gasteiger partial charge in [-0.3, -0.25) is 0 Å². The lowest BCUT2D eigenvalue weighted by molar-refractivity contribution is 0.149. The first-order chi connectivity index (χ1) is 11.2. The number of benzene rings is 1. The Hall–Kier alpha value is -1.36. The topological polar surface area (TPSA) is 53.5 Å². The van der Waals surface area contributed by atoms with E-state index in [9.17, 15) is 4.79 Å². The fourth-order valence-electron chi connectivity index (χ4n) is 7.16. The Bertz CT molecular complexity index is 750. The van der Waals surface area contributed by atoms with E-state index in [1.54, 1.807) is 0 Å². The summed E-state index contributed by atoms with van der Waals surface area (Å²) in [5, 5.41) is 7.45. The molecule has 1 aromatic rings. The zero-order valence-corrected chi connectivity index (χ0v) is 14.2. The van der Waals surface area contributed by atoms with Crippen molar-refractivity contribution in [3.05, 3.63) is 30.3 Å². The Morgan fingerprint density at radius 2 is 2.04 bits per heavy atom. The average molecular weight is 372 g/mol. The lowest BCUT2D eigenvalue weighted by Gasteiger charge is -2.37. The van der Waals surface area contributed by atoms with E-state index in [0.717, 1.165) is 35.3 Å². The van der Waals surface area contributed by atoms with Gasteiger partial charge in [-0.1, -0.05) is 34.1 Å². The van der Waals surface area contributed by atoms with Crippen LogP contribution in [0.25, 0.3) is 0 Å². The molecule has 6 fully saturated rings. The summed E-state index contributed by atoms with van der Waals surface area (Å²) >= 11 is 4.11. The maximum Gasteiger partial charge on any atom is 0.339 e. The highest BCUT2D eigenvalue weighted by molar-refractivity contribution is 9.10. The number of hydrazone groups is 1. The molecule has 0 aliphatic heterocycles. The molecule has 0 unspecified atom stereocenters. The summed E-state index contributed by atoms with van der Waals surface area (Å²) in [4.78, 5) is 12.1.